The largest absolute Gasteiger partial charge is 0.480 e. The van der Waals surface area contributed by atoms with Crippen LogP contribution in [-0.2, 0) is 4.79 Å². The van der Waals surface area contributed by atoms with Crippen molar-refractivity contribution in [3.05, 3.63) is 35.6 Å². The number of halogens is 1. The highest BCUT2D eigenvalue weighted by Crippen LogP contribution is 2.14. The molecule has 0 saturated carbocycles. The van der Waals surface area contributed by atoms with Crippen LogP contribution in [0.15, 0.2) is 24.3 Å². The Balaban J connectivity index is 2.85. The van der Waals surface area contributed by atoms with Crippen molar-refractivity contribution in [1.29, 1.82) is 5.26 Å². The Morgan fingerprint density at radius 1 is 1.42 bits per heavy atom. The maximum atomic E-state index is 12.7. The van der Waals surface area contributed by atoms with Gasteiger partial charge in [-0.2, -0.15) is 5.26 Å². The molecule has 1 aromatic rings. The lowest BCUT2D eigenvalue weighted by atomic mass is 9.95. The van der Waals surface area contributed by atoms with Crippen LogP contribution < -0.4 is 5.32 Å². The number of nitriles is 1. The van der Waals surface area contributed by atoms with Gasteiger partial charge in [-0.05, 0) is 37.6 Å². The number of aliphatic carboxylic acids is 1. The number of benzene rings is 1. The molecule has 0 radical (unpaired) electrons. The molecule has 1 rings (SSSR count). The average molecular weight is 264 g/mol. The van der Waals surface area contributed by atoms with Crippen molar-refractivity contribution in [2.24, 2.45) is 0 Å². The summed E-state index contributed by atoms with van der Waals surface area (Å²) < 4.78 is 12.7. The smallest absolute Gasteiger partial charge is 0.329 e. The fourth-order valence-electron chi connectivity index (χ4n) is 1.45. The van der Waals surface area contributed by atoms with Crippen LogP contribution in [0.5, 0.6) is 0 Å². The second kappa shape index (κ2) is 5.96. The van der Waals surface area contributed by atoms with E-state index in [-0.39, 0.29) is 18.4 Å². The summed E-state index contributed by atoms with van der Waals surface area (Å²) in [7, 11) is 0. The third-order valence-corrected chi connectivity index (χ3v) is 2.70. The molecule has 0 saturated heterocycles. The van der Waals surface area contributed by atoms with Crippen molar-refractivity contribution in [2.45, 2.75) is 25.3 Å². The molecule has 0 aliphatic carbocycles. The second-order valence-electron chi connectivity index (χ2n) is 4.26. The van der Waals surface area contributed by atoms with Gasteiger partial charge in [0.25, 0.3) is 5.91 Å². The van der Waals surface area contributed by atoms with Crippen LogP contribution in [0.25, 0.3) is 0 Å². The molecule has 2 N–H and O–H groups in total. The molecule has 19 heavy (non-hydrogen) atoms. The lowest BCUT2D eigenvalue weighted by Crippen LogP contribution is -2.52. The molecule has 1 aromatic carbocycles. The zero-order chi connectivity index (χ0) is 14.5. The molecular weight excluding hydrogens is 251 g/mol. The number of nitrogens with one attached hydrogen (secondary N) is 1. The van der Waals surface area contributed by atoms with E-state index in [1.165, 1.54) is 19.1 Å². The molecule has 0 aliphatic heterocycles. The van der Waals surface area contributed by atoms with Gasteiger partial charge in [0.05, 0.1) is 6.07 Å². The summed E-state index contributed by atoms with van der Waals surface area (Å²) in [5.74, 6) is -2.33. The van der Waals surface area contributed by atoms with Gasteiger partial charge in [0.2, 0.25) is 0 Å². The molecule has 6 heteroatoms. The third-order valence-electron chi connectivity index (χ3n) is 2.70. The van der Waals surface area contributed by atoms with Gasteiger partial charge in [0.1, 0.15) is 11.4 Å². The second-order valence-corrected chi connectivity index (χ2v) is 4.26. The molecule has 0 aromatic heterocycles. The highest BCUT2D eigenvalue weighted by Gasteiger charge is 2.34. The minimum absolute atomic E-state index is 0.00645. The molecule has 1 amide bonds. The van der Waals surface area contributed by atoms with Gasteiger partial charge < -0.3 is 10.4 Å². The molecule has 0 heterocycles. The SMILES string of the molecule is C[C@](CCC#N)(NC(=O)c1ccc(F)cc1)C(=O)O. The van der Waals surface area contributed by atoms with Crippen molar-refractivity contribution >= 4 is 11.9 Å². The quantitative estimate of drug-likeness (QED) is 0.846. The molecular formula is C13H13FN2O3. The first-order valence-corrected chi connectivity index (χ1v) is 5.57. The van der Waals surface area contributed by atoms with E-state index in [2.05, 4.69) is 5.32 Å². The lowest BCUT2D eigenvalue weighted by Gasteiger charge is -2.25. The summed E-state index contributed by atoms with van der Waals surface area (Å²) in [6.45, 7) is 1.33. The number of hydrogen-bond donors (Lipinski definition) is 2. The van der Waals surface area contributed by atoms with Gasteiger partial charge in [0.15, 0.2) is 0 Å². The van der Waals surface area contributed by atoms with Crippen molar-refractivity contribution in [1.82, 2.24) is 5.32 Å². The van der Waals surface area contributed by atoms with Crippen LogP contribution in [-0.4, -0.2) is 22.5 Å². The highest BCUT2D eigenvalue weighted by molar-refractivity contribution is 5.97. The van der Waals surface area contributed by atoms with Gasteiger partial charge in [-0.1, -0.05) is 0 Å². The van der Waals surface area contributed by atoms with Crippen molar-refractivity contribution in [2.75, 3.05) is 0 Å². The first-order valence-electron chi connectivity index (χ1n) is 5.57. The van der Waals surface area contributed by atoms with Crippen LogP contribution in [0, 0.1) is 17.1 Å². The van der Waals surface area contributed by atoms with Gasteiger partial charge in [-0.3, -0.25) is 4.79 Å². The number of hydrogen-bond acceptors (Lipinski definition) is 3. The van der Waals surface area contributed by atoms with E-state index in [0.29, 0.717) is 0 Å². The van der Waals surface area contributed by atoms with E-state index in [0.717, 1.165) is 12.1 Å². The van der Waals surface area contributed by atoms with Crippen LogP contribution in [0.2, 0.25) is 0 Å². The first-order chi connectivity index (χ1) is 8.89. The normalized spacial score (nSPS) is 13.1. The maximum Gasteiger partial charge on any atom is 0.329 e. The topological polar surface area (TPSA) is 90.2 Å². The maximum absolute atomic E-state index is 12.7. The Hall–Kier alpha value is -2.42. The molecule has 0 unspecified atom stereocenters. The molecule has 100 valence electrons. The Kier molecular flexibility index (Phi) is 4.59. The Labute approximate surface area is 109 Å². The number of amides is 1. The van der Waals surface area contributed by atoms with Gasteiger partial charge in [-0.15, -0.1) is 0 Å². The molecule has 0 fully saturated rings. The molecule has 0 aliphatic rings. The standard InChI is InChI=1S/C13H13FN2O3/c1-13(12(18)19,7-2-8-15)16-11(17)9-3-5-10(14)6-4-9/h3-6H,2,7H2,1H3,(H,16,17)(H,18,19)/t13-/m1/s1. The summed E-state index contributed by atoms with van der Waals surface area (Å²) in [5, 5.41) is 20.0. The zero-order valence-electron chi connectivity index (χ0n) is 10.3. The fraction of sp³-hybridized carbons (Fsp3) is 0.308. The van der Waals surface area contributed by atoms with E-state index >= 15 is 0 Å². The van der Waals surface area contributed by atoms with Crippen molar-refractivity contribution < 1.29 is 19.1 Å². The third kappa shape index (κ3) is 3.78. The minimum atomic E-state index is -1.53. The summed E-state index contributed by atoms with van der Waals surface area (Å²) in [5.41, 5.74) is -1.37. The summed E-state index contributed by atoms with van der Waals surface area (Å²) in [6.07, 6.45) is -0.00172. The first kappa shape index (κ1) is 14.6. The monoisotopic (exact) mass is 264 g/mol. The lowest BCUT2D eigenvalue weighted by molar-refractivity contribution is -0.144. The predicted molar refractivity (Wildman–Crippen MR) is 64.8 cm³/mol. The Morgan fingerprint density at radius 2 is 2.00 bits per heavy atom. The van der Waals surface area contributed by atoms with Gasteiger partial charge >= 0.3 is 5.97 Å². The number of carbonyl (C=O) groups is 2. The van der Waals surface area contributed by atoms with E-state index in [1.807, 2.05) is 6.07 Å². The van der Waals surface area contributed by atoms with Crippen molar-refractivity contribution in [3.63, 3.8) is 0 Å². The van der Waals surface area contributed by atoms with E-state index in [4.69, 9.17) is 10.4 Å². The number of nitrogens with zero attached hydrogens (tertiary/aromatic N) is 1. The van der Waals surface area contributed by atoms with Crippen LogP contribution >= 0.6 is 0 Å². The average Bonchev–Trinajstić information content (AvgIpc) is 2.36. The van der Waals surface area contributed by atoms with E-state index in [9.17, 15) is 14.0 Å². The van der Waals surface area contributed by atoms with Gasteiger partial charge in [-0.25, -0.2) is 9.18 Å². The van der Waals surface area contributed by atoms with E-state index < -0.39 is 23.2 Å². The minimum Gasteiger partial charge on any atom is -0.480 e. The number of carboxylic acids is 1. The molecule has 0 spiro atoms. The summed E-state index contributed by atoms with van der Waals surface area (Å²) >= 11 is 0. The number of rotatable bonds is 5. The predicted octanol–water partition coefficient (Wildman–Crippen LogP) is 1.70. The Morgan fingerprint density at radius 3 is 2.47 bits per heavy atom. The van der Waals surface area contributed by atoms with Crippen LogP contribution in [0.1, 0.15) is 30.1 Å². The Bertz CT molecular complexity index is 522. The van der Waals surface area contributed by atoms with E-state index in [1.54, 1.807) is 0 Å². The highest BCUT2D eigenvalue weighted by atomic mass is 19.1. The van der Waals surface area contributed by atoms with Crippen molar-refractivity contribution in [3.8, 4) is 6.07 Å². The summed E-state index contributed by atoms with van der Waals surface area (Å²) in [6, 6.07) is 6.58. The van der Waals surface area contributed by atoms with Crippen LogP contribution in [0.3, 0.4) is 0 Å². The molecule has 5 nitrogen and oxygen atoms in total. The number of carbonyl (C=O) groups excluding carboxylic acids is 1. The molecule has 1 atom stereocenters. The zero-order valence-corrected chi connectivity index (χ0v) is 10.3. The number of carboxylic acid groups (broad SMARTS) is 1. The van der Waals surface area contributed by atoms with Gasteiger partial charge in [0, 0.05) is 12.0 Å². The van der Waals surface area contributed by atoms with Crippen LogP contribution in [0.4, 0.5) is 4.39 Å². The molecule has 0 bridgehead atoms. The fourth-order valence-corrected chi connectivity index (χ4v) is 1.45. The summed E-state index contributed by atoms with van der Waals surface area (Å²) in [4.78, 5) is 23.0.